The molecule has 0 bridgehead atoms. The van der Waals surface area contributed by atoms with Crippen molar-refractivity contribution in [2.75, 3.05) is 0 Å². The molecule has 0 saturated heterocycles. The summed E-state index contributed by atoms with van der Waals surface area (Å²) in [6.45, 7) is 1.55. The van der Waals surface area contributed by atoms with Gasteiger partial charge < -0.3 is 0 Å². The molecule has 0 aliphatic heterocycles. The molecule has 0 aliphatic carbocycles. The van der Waals surface area contributed by atoms with Crippen molar-refractivity contribution in [3.63, 3.8) is 0 Å². The van der Waals surface area contributed by atoms with Gasteiger partial charge >= 0.3 is 0 Å². The van der Waals surface area contributed by atoms with Crippen LogP contribution in [0.5, 0.6) is 0 Å². The molecule has 0 radical (unpaired) electrons. The molecule has 0 saturated carbocycles. The highest BCUT2D eigenvalue weighted by molar-refractivity contribution is 9.10. The summed E-state index contributed by atoms with van der Waals surface area (Å²) in [6, 6.07) is 5.54. The van der Waals surface area contributed by atoms with Crippen LogP contribution in [0.1, 0.15) is 17.3 Å². The van der Waals surface area contributed by atoms with Crippen molar-refractivity contribution in [1.82, 2.24) is 15.2 Å². The van der Waals surface area contributed by atoms with Crippen LogP contribution >= 0.6 is 27.7 Å². The van der Waals surface area contributed by atoms with Crippen LogP contribution in [0.4, 0.5) is 0 Å². The van der Waals surface area contributed by atoms with Gasteiger partial charge in [-0.2, -0.15) is 5.10 Å². The lowest BCUT2D eigenvalue weighted by atomic mass is 10.1. The van der Waals surface area contributed by atoms with Gasteiger partial charge in [0.2, 0.25) is 0 Å². The zero-order valence-electron chi connectivity index (χ0n) is 8.40. The molecule has 1 aromatic heterocycles. The quantitative estimate of drug-likeness (QED) is 0.885. The number of rotatable bonds is 3. The molecule has 0 amide bonds. The van der Waals surface area contributed by atoms with E-state index in [-0.39, 0.29) is 5.78 Å². The molecule has 6 heteroatoms. The third-order valence-electron chi connectivity index (χ3n) is 1.92. The minimum atomic E-state index is 0.0366. The number of carbonyl (C=O) groups excluding carboxylic acids is 1. The van der Waals surface area contributed by atoms with Gasteiger partial charge in [0.1, 0.15) is 6.33 Å². The fraction of sp³-hybridized carbons (Fsp3) is 0.100. The molecular formula is C10H8BrN3OS. The smallest absolute Gasteiger partial charge is 0.188 e. The molecule has 2 aromatic rings. The van der Waals surface area contributed by atoms with Crippen molar-refractivity contribution < 1.29 is 4.79 Å². The molecule has 0 aliphatic rings. The van der Waals surface area contributed by atoms with E-state index in [1.54, 1.807) is 13.0 Å². The standard InChI is InChI=1S/C10H8BrN3OS/c1-6(15)8-3-2-7(11)4-9(8)16-10-12-5-13-14-10/h2-5H,1H3,(H,12,13,14). The highest BCUT2D eigenvalue weighted by Crippen LogP contribution is 2.30. The monoisotopic (exact) mass is 297 g/mol. The Morgan fingerprint density at radius 3 is 2.94 bits per heavy atom. The Morgan fingerprint density at radius 2 is 2.31 bits per heavy atom. The minimum Gasteiger partial charge on any atom is -0.294 e. The number of benzene rings is 1. The Kier molecular flexibility index (Phi) is 3.40. The Balaban J connectivity index is 2.38. The van der Waals surface area contributed by atoms with Crippen LogP contribution in [0.15, 0.2) is 39.1 Å². The molecule has 16 heavy (non-hydrogen) atoms. The molecule has 2 rings (SSSR count). The van der Waals surface area contributed by atoms with Crippen LogP contribution in [0.2, 0.25) is 0 Å². The van der Waals surface area contributed by atoms with Crippen molar-refractivity contribution in [3.05, 3.63) is 34.6 Å². The molecule has 0 spiro atoms. The van der Waals surface area contributed by atoms with E-state index in [1.165, 1.54) is 18.1 Å². The second-order valence-electron chi connectivity index (χ2n) is 3.09. The molecule has 82 valence electrons. The Bertz CT molecular complexity index is 513. The maximum absolute atomic E-state index is 11.4. The molecule has 1 N–H and O–H groups in total. The number of halogens is 1. The van der Waals surface area contributed by atoms with Crippen molar-refractivity contribution in [3.8, 4) is 0 Å². The number of ketones is 1. The van der Waals surface area contributed by atoms with E-state index in [0.717, 1.165) is 9.37 Å². The maximum Gasteiger partial charge on any atom is 0.188 e. The van der Waals surface area contributed by atoms with E-state index in [0.29, 0.717) is 10.7 Å². The zero-order valence-corrected chi connectivity index (χ0v) is 10.8. The van der Waals surface area contributed by atoms with Gasteiger partial charge in [-0.05, 0) is 36.9 Å². The Morgan fingerprint density at radius 1 is 1.50 bits per heavy atom. The Labute approximate surface area is 105 Å². The first kappa shape index (κ1) is 11.3. The predicted octanol–water partition coefficient (Wildman–Crippen LogP) is 2.92. The largest absolute Gasteiger partial charge is 0.294 e. The fourth-order valence-corrected chi connectivity index (χ4v) is 2.65. The van der Waals surface area contributed by atoms with Crippen LogP contribution in [0, 0.1) is 0 Å². The number of Topliss-reactive ketones (excluding diaryl/α,β-unsaturated/α-hetero) is 1. The van der Waals surface area contributed by atoms with Crippen LogP contribution in [0.3, 0.4) is 0 Å². The van der Waals surface area contributed by atoms with Crippen molar-refractivity contribution >= 4 is 33.5 Å². The lowest BCUT2D eigenvalue weighted by Crippen LogP contribution is -1.95. The van der Waals surface area contributed by atoms with Gasteiger partial charge in [-0.3, -0.25) is 9.89 Å². The number of H-pyrrole nitrogens is 1. The van der Waals surface area contributed by atoms with Gasteiger partial charge in [-0.1, -0.05) is 15.9 Å². The lowest BCUT2D eigenvalue weighted by Gasteiger charge is -2.04. The molecule has 1 heterocycles. The van der Waals surface area contributed by atoms with Gasteiger partial charge in [0.25, 0.3) is 0 Å². The summed E-state index contributed by atoms with van der Waals surface area (Å²) in [7, 11) is 0. The van der Waals surface area contributed by atoms with Crippen molar-refractivity contribution in [1.29, 1.82) is 0 Å². The summed E-state index contributed by atoms with van der Waals surface area (Å²) in [5.74, 6) is 0.0366. The van der Waals surface area contributed by atoms with E-state index in [4.69, 9.17) is 0 Å². The normalized spacial score (nSPS) is 10.4. The average Bonchev–Trinajstić information content (AvgIpc) is 2.70. The summed E-state index contributed by atoms with van der Waals surface area (Å²) >= 11 is 4.76. The summed E-state index contributed by atoms with van der Waals surface area (Å²) in [4.78, 5) is 16.3. The SMILES string of the molecule is CC(=O)c1ccc(Br)cc1Sc1ncn[nH]1. The molecular weight excluding hydrogens is 290 g/mol. The summed E-state index contributed by atoms with van der Waals surface area (Å²) in [5, 5.41) is 7.18. The third-order valence-corrected chi connectivity index (χ3v) is 3.36. The van der Waals surface area contributed by atoms with Crippen LogP contribution in [-0.2, 0) is 0 Å². The molecule has 0 atom stereocenters. The molecule has 4 nitrogen and oxygen atoms in total. The summed E-state index contributed by atoms with van der Waals surface area (Å²) < 4.78 is 0.930. The van der Waals surface area contributed by atoms with Gasteiger partial charge in [0, 0.05) is 14.9 Å². The third kappa shape index (κ3) is 2.51. The van der Waals surface area contributed by atoms with Gasteiger partial charge in [-0.25, -0.2) is 4.98 Å². The molecule has 0 fully saturated rings. The van der Waals surface area contributed by atoms with E-state index in [9.17, 15) is 4.79 Å². The summed E-state index contributed by atoms with van der Waals surface area (Å²) in [5.41, 5.74) is 0.685. The van der Waals surface area contributed by atoms with E-state index in [2.05, 4.69) is 31.1 Å². The zero-order chi connectivity index (χ0) is 11.5. The van der Waals surface area contributed by atoms with E-state index >= 15 is 0 Å². The number of hydrogen-bond acceptors (Lipinski definition) is 4. The van der Waals surface area contributed by atoms with Crippen molar-refractivity contribution in [2.45, 2.75) is 17.0 Å². The highest BCUT2D eigenvalue weighted by Gasteiger charge is 2.10. The van der Waals surface area contributed by atoms with Crippen LogP contribution in [0.25, 0.3) is 0 Å². The number of aromatic amines is 1. The molecule has 0 unspecified atom stereocenters. The Hall–Kier alpha value is -1.14. The van der Waals surface area contributed by atoms with Crippen LogP contribution in [-0.4, -0.2) is 21.0 Å². The molecule has 1 aromatic carbocycles. The first-order chi connectivity index (χ1) is 7.66. The minimum absolute atomic E-state index is 0.0366. The predicted molar refractivity (Wildman–Crippen MR) is 64.7 cm³/mol. The fourth-order valence-electron chi connectivity index (χ4n) is 1.22. The topological polar surface area (TPSA) is 58.6 Å². The first-order valence-corrected chi connectivity index (χ1v) is 6.11. The number of aromatic nitrogens is 3. The number of hydrogen-bond donors (Lipinski definition) is 1. The summed E-state index contributed by atoms with van der Waals surface area (Å²) in [6.07, 6.45) is 1.44. The first-order valence-electron chi connectivity index (χ1n) is 4.50. The average molecular weight is 298 g/mol. The number of carbonyl (C=O) groups is 1. The van der Waals surface area contributed by atoms with E-state index in [1.807, 2.05) is 12.1 Å². The van der Waals surface area contributed by atoms with Gasteiger partial charge in [0.15, 0.2) is 10.9 Å². The lowest BCUT2D eigenvalue weighted by molar-refractivity contribution is 0.101. The van der Waals surface area contributed by atoms with Crippen molar-refractivity contribution in [2.24, 2.45) is 0 Å². The number of nitrogens with zero attached hydrogens (tertiary/aromatic N) is 2. The van der Waals surface area contributed by atoms with Crippen LogP contribution < -0.4 is 0 Å². The van der Waals surface area contributed by atoms with Gasteiger partial charge in [-0.15, -0.1) is 0 Å². The van der Waals surface area contributed by atoms with E-state index < -0.39 is 0 Å². The van der Waals surface area contributed by atoms with Gasteiger partial charge in [0.05, 0.1) is 0 Å². The maximum atomic E-state index is 11.4. The second-order valence-corrected chi connectivity index (χ2v) is 5.04. The number of nitrogens with one attached hydrogen (secondary N) is 1. The second kappa shape index (κ2) is 4.80. The highest BCUT2D eigenvalue weighted by atomic mass is 79.9.